The molecule has 0 radical (unpaired) electrons. The van der Waals surface area contributed by atoms with Gasteiger partial charge in [0, 0.05) is 4.47 Å². The van der Waals surface area contributed by atoms with Crippen molar-refractivity contribution < 1.29 is 18.0 Å². The zero-order chi connectivity index (χ0) is 13.8. The minimum absolute atomic E-state index is 0.308. The average molecular weight is 346 g/mol. The molecule has 8 heteroatoms. The van der Waals surface area contributed by atoms with E-state index in [0.29, 0.717) is 15.2 Å². The van der Waals surface area contributed by atoms with Crippen LogP contribution in [0.3, 0.4) is 0 Å². The number of halogens is 5. The maximum absolute atomic E-state index is 11.8. The quantitative estimate of drug-likeness (QED) is 0.880. The maximum Gasteiger partial charge on any atom is 0.401 e. The van der Waals surface area contributed by atoms with Crippen molar-refractivity contribution in [1.82, 2.24) is 5.32 Å². The number of alkyl halides is 3. The second-order valence-corrected chi connectivity index (χ2v) is 4.71. The minimum atomic E-state index is -4.34. The lowest BCUT2D eigenvalue weighted by molar-refractivity contribution is -0.126. The molecule has 0 saturated carbocycles. The monoisotopic (exact) mass is 344 g/mol. The fourth-order valence-corrected chi connectivity index (χ4v) is 1.63. The van der Waals surface area contributed by atoms with Gasteiger partial charge in [-0.2, -0.15) is 13.2 Å². The third-order valence-corrected chi connectivity index (χ3v) is 2.64. The summed E-state index contributed by atoms with van der Waals surface area (Å²) in [6.07, 6.45) is -4.34. The van der Waals surface area contributed by atoms with Gasteiger partial charge in [-0.25, -0.2) is 0 Å². The maximum atomic E-state index is 11.8. The molecule has 0 bridgehead atoms. The molecule has 3 nitrogen and oxygen atoms in total. The molecule has 1 aromatic rings. The van der Waals surface area contributed by atoms with Crippen LogP contribution in [-0.2, 0) is 4.79 Å². The molecule has 1 rings (SSSR count). The van der Waals surface area contributed by atoms with Gasteiger partial charge in [-0.15, -0.1) is 0 Å². The van der Waals surface area contributed by atoms with Crippen molar-refractivity contribution in [3.05, 3.63) is 27.7 Å². The van der Waals surface area contributed by atoms with Gasteiger partial charge in [0.2, 0.25) is 5.91 Å². The highest BCUT2D eigenvalue weighted by atomic mass is 79.9. The third-order valence-electron chi connectivity index (χ3n) is 1.81. The van der Waals surface area contributed by atoms with Crippen LogP contribution < -0.4 is 10.6 Å². The molecule has 0 aliphatic heterocycles. The number of hydrogen-bond donors (Lipinski definition) is 2. The van der Waals surface area contributed by atoms with Crippen LogP contribution in [0.5, 0.6) is 0 Å². The molecule has 0 aromatic heterocycles. The zero-order valence-electron chi connectivity index (χ0n) is 8.94. The molecule has 2 N–H and O–H groups in total. The Morgan fingerprint density at radius 1 is 1.39 bits per heavy atom. The Hall–Kier alpha value is -0.790. The van der Waals surface area contributed by atoms with Crippen LogP contribution in [0.25, 0.3) is 0 Å². The van der Waals surface area contributed by atoms with E-state index in [4.69, 9.17) is 11.6 Å². The van der Waals surface area contributed by atoms with Gasteiger partial charge >= 0.3 is 6.18 Å². The van der Waals surface area contributed by atoms with Gasteiger partial charge in [0.05, 0.1) is 23.8 Å². The van der Waals surface area contributed by atoms with Crippen molar-refractivity contribution in [3.63, 3.8) is 0 Å². The Kier molecular flexibility index (Phi) is 5.43. The van der Waals surface area contributed by atoms with Crippen LogP contribution in [0.4, 0.5) is 18.9 Å². The van der Waals surface area contributed by atoms with Crippen molar-refractivity contribution in [2.24, 2.45) is 0 Å². The van der Waals surface area contributed by atoms with Gasteiger partial charge < -0.3 is 10.6 Å². The van der Waals surface area contributed by atoms with Crippen LogP contribution >= 0.6 is 27.5 Å². The first-order chi connectivity index (χ1) is 8.28. The molecule has 1 aromatic carbocycles. The second kappa shape index (κ2) is 6.40. The molecule has 0 unspecified atom stereocenters. The van der Waals surface area contributed by atoms with Gasteiger partial charge in [-0.05, 0) is 18.2 Å². The molecule has 0 saturated heterocycles. The van der Waals surface area contributed by atoms with E-state index in [9.17, 15) is 18.0 Å². The predicted octanol–water partition coefficient (Wildman–Crippen LogP) is 3.19. The van der Waals surface area contributed by atoms with Crippen LogP contribution in [0.15, 0.2) is 22.7 Å². The number of hydrogen-bond acceptors (Lipinski definition) is 2. The summed E-state index contributed by atoms with van der Waals surface area (Å²) in [6.45, 7) is -1.66. The van der Waals surface area contributed by atoms with Gasteiger partial charge in [-0.1, -0.05) is 27.5 Å². The van der Waals surface area contributed by atoms with Crippen LogP contribution in [-0.4, -0.2) is 25.2 Å². The Morgan fingerprint density at radius 2 is 2.06 bits per heavy atom. The summed E-state index contributed by atoms with van der Waals surface area (Å²) in [5.41, 5.74) is 0.338. The smallest absolute Gasteiger partial charge is 0.324 e. The molecule has 0 spiro atoms. The lowest BCUT2D eigenvalue weighted by Crippen LogP contribution is -2.35. The number of rotatable bonds is 4. The lowest BCUT2D eigenvalue weighted by atomic mass is 10.3. The molecule has 0 heterocycles. The molecular formula is C10H9BrClF3N2O. The summed E-state index contributed by atoms with van der Waals surface area (Å²) in [7, 11) is 0. The van der Waals surface area contributed by atoms with Gasteiger partial charge in [0.1, 0.15) is 0 Å². The lowest BCUT2D eigenvalue weighted by Gasteiger charge is -2.10. The van der Waals surface area contributed by atoms with E-state index in [2.05, 4.69) is 21.2 Å². The first-order valence-electron chi connectivity index (χ1n) is 4.80. The summed E-state index contributed by atoms with van der Waals surface area (Å²) < 4.78 is 36.2. The van der Waals surface area contributed by atoms with E-state index in [0.717, 1.165) is 0 Å². The van der Waals surface area contributed by atoms with Crippen molar-refractivity contribution >= 4 is 39.1 Å². The topological polar surface area (TPSA) is 41.1 Å². The third kappa shape index (κ3) is 5.70. The Balaban J connectivity index is 2.47. The molecular weight excluding hydrogens is 336 g/mol. The van der Waals surface area contributed by atoms with Gasteiger partial charge in [0.15, 0.2) is 0 Å². The molecule has 0 aliphatic rings. The Labute approximate surface area is 115 Å². The molecule has 100 valence electrons. The zero-order valence-corrected chi connectivity index (χ0v) is 11.3. The molecule has 0 atom stereocenters. The standard InChI is InChI=1S/C10H9BrClF3N2O/c11-6-1-2-7(12)8(3-6)17-9(18)4-16-5-10(13,14)15/h1-3,16H,4-5H2,(H,17,18). The SMILES string of the molecule is O=C(CNCC(F)(F)F)Nc1cc(Br)ccc1Cl. The highest BCUT2D eigenvalue weighted by Gasteiger charge is 2.26. The van der Waals surface area contributed by atoms with Gasteiger partial charge in [0.25, 0.3) is 0 Å². The number of nitrogens with one attached hydrogen (secondary N) is 2. The molecule has 18 heavy (non-hydrogen) atoms. The van der Waals surface area contributed by atoms with E-state index in [-0.39, 0.29) is 0 Å². The fourth-order valence-electron chi connectivity index (χ4n) is 1.11. The molecule has 1 amide bonds. The van der Waals surface area contributed by atoms with Crippen LogP contribution in [0, 0.1) is 0 Å². The van der Waals surface area contributed by atoms with E-state index < -0.39 is 25.2 Å². The summed E-state index contributed by atoms with van der Waals surface area (Å²) >= 11 is 9.00. The first kappa shape index (κ1) is 15.3. The second-order valence-electron chi connectivity index (χ2n) is 3.39. The van der Waals surface area contributed by atoms with E-state index in [1.54, 1.807) is 18.2 Å². The summed E-state index contributed by atoms with van der Waals surface area (Å²) in [4.78, 5) is 11.3. The average Bonchev–Trinajstić information content (AvgIpc) is 2.21. The first-order valence-corrected chi connectivity index (χ1v) is 5.97. The summed E-state index contributed by atoms with van der Waals surface area (Å²) in [6, 6.07) is 4.80. The largest absolute Gasteiger partial charge is 0.401 e. The summed E-state index contributed by atoms with van der Waals surface area (Å²) in [5.74, 6) is -0.598. The van der Waals surface area contributed by atoms with Crippen molar-refractivity contribution in [3.8, 4) is 0 Å². The number of amides is 1. The fraction of sp³-hybridized carbons (Fsp3) is 0.300. The predicted molar refractivity (Wildman–Crippen MR) is 66.7 cm³/mol. The number of carbonyl (C=O) groups is 1. The van der Waals surface area contributed by atoms with Crippen LogP contribution in [0.1, 0.15) is 0 Å². The summed E-state index contributed by atoms with van der Waals surface area (Å²) in [5, 5.41) is 4.70. The highest BCUT2D eigenvalue weighted by Crippen LogP contribution is 2.25. The van der Waals surface area contributed by atoms with Gasteiger partial charge in [-0.3, -0.25) is 4.79 Å². The Bertz CT molecular complexity index is 440. The van der Waals surface area contributed by atoms with E-state index in [1.165, 1.54) is 0 Å². The Morgan fingerprint density at radius 3 is 2.67 bits per heavy atom. The number of anilines is 1. The normalized spacial score (nSPS) is 11.4. The van der Waals surface area contributed by atoms with E-state index >= 15 is 0 Å². The number of benzene rings is 1. The highest BCUT2D eigenvalue weighted by molar-refractivity contribution is 9.10. The molecule has 0 aliphatic carbocycles. The van der Waals surface area contributed by atoms with Crippen molar-refractivity contribution in [1.29, 1.82) is 0 Å². The van der Waals surface area contributed by atoms with Crippen molar-refractivity contribution in [2.45, 2.75) is 6.18 Å². The van der Waals surface area contributed by atoms with Crippen LogP contribution in [0.2, 0.25) is 5.02 Å². The van der Waals surface area contributed by atoms with Crippen molar-refractivity contribution in [2.75, 3.05) is 18.4 Å². The minimum Gasteiger partial charge on any atom is -0.324 e. The van der Waals surface area contributed by atoms with E-state index in [1.807, 2.05) is 5.32 Å². The number of carbonyl (C=O) groups excluding carboxylic acids is 1. The molecule has 0 fully saturated rings.